The number of piperidine rings is 1. The van der Waals surface area contributed by atoms with E-state index in [4.69, 9.17) is 0 Å². The van der Waals surface area contributed by atoms with Crippen LogP contribution in [0.4, 0.5) is 13.2 Å². The molecule has 5 rings (SSSR count). The maximum atomic E-state index is 13.7. The van der Waals surface area contributed by atoms with E-state index < -0.39 is 33.8 Å². The molecule has 2 fully saturated rings. The summed E-state index contributed by atoms with van der Waals surface area (Å²) in [6, 6.07) is 13.1. The van der Waals surface area contributed by atoms with Crippen molar-refractivity contribution in [2.75, 3.05) is 19.6 Å². The fourth-order valence-corrected chi connectivity index (χ4v) is 7.61. The number of hydrogen-bond donors (Lipinski definition) is 1. The predicted octanol–water partition coefficient (Wildman–Crippen LogP) is 3.14. The molecule has 3 heterocycles. The van der Waals surface area contributed by atoms with Gasteiger partial charge in [-0.2, -0.15) is 22.7 Å². The number of amides is 2. The molecule has 1 atom stereocenters. The normalized spacial score (nSPS) is 21.1. The van der Waals surface area contributed by atoms with Crippen LogP contribution in [-0.2, 0) is 39.1 Å². The molecule has 0 radical (unpaired) electrons. The lowest BCUT2D eigenvalue weighted by Gasteiger charge is -2.44. The maximum absolute atomic E-state index is 13.7. The van der Waals surface area contributed by atoms with E-state index in [2.05, 4.69) is 11.4 Å². The van der Waals surface area contributed by atoms with Crippen molar-refractivity contribution < 1.29 is 31.2 Å². The number of nitriles is 1. The van der Waals surface area contributed by atoms with Gasteiger partial charge in [-0.1, -0.05) is 32.0 Å². The highest BCUT2D eigenvalue weighted by Gasteiger charge is 2.53. The lowest BCUT2D eigenvalue weighted by molar-refractivity contribution is -0.186. The first-order valence-corrected chi connectivity index (χ1v) is 15.3. The average molecular weight is 604 g/mol. The second kappa shape index (κ2) is 11.0. The summed E-state index contributed by atoms with van der Waals surface area (Å²) >= 11 is 0. The number of halogens is 3. The van der Waals surface area contributed by atoms with Gasteiger partial charge in [0.05, 0.1) is 28.2 Å². The Hall–Kier alpha value is -3.47. The topological polar surface area (TPSA) is 114 Å². The smallest absolute Gasteiger partial charge is 0.330 e. The standard InChI is InChI=1S/C29H32F3N5O4S/c1-19(2)25-26(38)37(17-21-5-3-4-20(14-21)16-33)28(34-25)9-12-36(13-10-28)42(40,41)24-7-6-22-8-11-35(18-23(22)15-24)27(39)29(30,31)32/h3-7,14-15,19,25,34H,8-13,17-18H2,1-2H3. The molecule has 2 amide bonds. The van der Waals surface area contributed by atoms with Gasteiger partial charge in [-0.15, -0.1) is 0 Å². The van der Waals surface area contributed by atoms with E-state index in [1.54, 1.807) is 29.2 Å². The van der Waals surface area contributed by atoms with Gasteiger partial charge in [0.15, 0.2) is 0 Å². The zero-order valence-corrected chi connectivity index (χ0v) is 24.1. The average Bonchev–Trinajstić information content (AvgIpc) is 3.22. The number of rotatable bonds is 5. The summed E-state index contributed by atoms with van der Waals surface area (Å²) < 4.78 is 67.6. The fourth-order valence-electron chi connectivity index (χ4n) is 6.12. The second-order valence-electron chi connectivity index (χ2n) is 11.4. The number of nitrogens with one attached hydrogen (secondary N) is 1. The van der Waals surface area contributed by atoms with E-state index in [0.717, 1.165) is 5.56 Å². The highest BCUT2D eigenvalue weighted by atomic mass is 32.2. The first-order valence-electron chi connectivity index (χ1n) is 13.8. The molecule has 3 aliphatic rings. The lowest BCUT2D eigenvalue weighted by atomic mass is 9.96. The third-order valence-corrected chi connectivity index (χ3v) is 10.3. The van der Waals surface area contributed by atoms with E-state index in [-0.39, 0.29) is 55.9 Å². The number of carbonyl (C=O) groups is 2. The highest BCUT2D eigenvalue weighted by molar-refractivity contribution is 7.89. The molecule has 1 N–H and O–H groups in total. The molecule has 2 saturated heterocycles. The number of sulfonamides is 1. The molecule has 2 aromatic rings. The Labute approximate surface area is 242 Å². The molecular formula is C29H32F3N5O4S. The van der Waals surface area contributed by atoms with Gasteiger partial charge < -0.3 is 9.80 Å². The van der Waals surface area contributed by atoms with Crippen molar-refractivity contribution in [1.82, 2.24) is 19.4 Å². The number of carbonyl (C=O) groups excluding carboxylic acids is 2. The number of hydrogen-bond acceptors (Lipinski definition) is 6. The molecule has 13 heteroatoms. The van der Waals surface area contributed by atoms with Crippen LogP contribution in [0, 0.1) is 17.2 Å². The largest absolute Gasteiger partial charge is 0.471 e. The Morgan fingerprint density at radius 1 is 1.12 bits per heavy atom. The van der Waals surface area contributed by atoms with Crippen LogP contribution in [0.3, 0.4) is 0 Å². The molecule has 1 spiro atoms. The molecular weight excluding hydrogens is 571 g/mol. The minimum absolute atomic E-state index is 0.00543. The van der Waals surface area contributed by atoms with E-state index in [1.165, 1.54) is 16.4 Å². The van der Waals surface area contributed by atoms with Gasteiger partial charge in [0, 0.05) is 32.7 Å². The van der Waals surface area contributed by atoms with Gasteiger partial charge >= 0.3 is 12.1 Å². The van der Waals surface area contributed by atoms with E-state index >= 15 is 0 Å². The summed E-state index contributed by atoms with van der Waals surface area (Å²) in [6.45, 7) is 4.01. The molecule has 42 heavy (non-hydrogen) atoms. The minimum atomic E-state index is -5.00. The zero-order valence-electron chi connectivity index (χ0n) is 23.3. The van der Waals surface area contributed by atoms with E-state index in [1.807, 2.05) is 19.9 Å². The molecule has 0 saturated carbocycles. The van der Waals surface area contributed by atoms with Gasteiger partial charge in [-0.3, -0.25) is 14.9 Å². The monoisotopic (exact) mass is 603 g/mol. The maximum Gasteiger partial charge on any atom is 0.471 e. The van der Waals surface area contributed by atoms with Gasteiger partial charge in [0.25, 0.3) is 0 Å². The number of alkyl halides is 3. The van der Waals surface area contributed by atoms with Gasteiger partial charge in [-0.25, -0.2) is 8.42 Å². The van der Waals surface area contributed by atoms with Crippen LogP contribution in [0.5, 0.6) is 0 Å². The van der Waals surface area contributed by atoms with Crippen LogP contribution in [0.15, 0.2) is 47.4 Å². The van der Waals surface area contributed by atoms with Crippen molar-refractivity contribution in [2.45, 2.75) is 69.0 Å². The summed E-state index contributed by atoms with van der Waals surface area (Å²) in [5, 5.41) is 12.8. The summed E-state index contributed by atoms with van der Waals surface area (Å²) in [5.74, 6) is -2.01. The van der Waals surface area contributed by atoms with Crippen molar-refractivity contribution in [1.29, 1.82) is 5.26 Å². The van der Waals surface area contributed by atoms with Crippen LogP contribution >= 0.6 is 0 Å². The number of benzene rings is 2. The summed E-state index contributed by atoms with van der Waals surface area (Å²) in [5.41, 5.74) is 1.60. The summed E-state index contributed by atoms with van der Waals surface area (Å²) in [7, 11) is -4.00. The number of nitrogens with zero attached hydrogens (tertiary/aromatic N) is 4. The van der Waals surface area contributed by atoms with Gasteiger partial charge in [0.2, 0.25) is 15.9 Å². The van der Waals surface area contributed by atoms with Crippen molar-refractivity contribution in [3.8, 4) is 6.07 Å². The number of fused-ring (bicyclic) bond motifs is 1. The molecule has 2 aromatic carbocycles. The molecule has 9 nitrogen and oxygen atoms in total. The third kappa shape index (κ3) is 5.50. The molecule has 0 bridgehead atoms. The Morgan fingerprint density at radius 2 is 1.83 bits per heavy atom. The van der Waals surface area contributed by atoms with E-state index in [0.29, 0.717) is 34.4 Å². The Kier molecular flexibility index (Phi) is 7.85. The quantitative estimate of drug-likeness (QED) is 0.562. The van der Waals surface area contributed by atoms with E-state index in [9.17, 15) is 36.4 Å². The van der Waals surface area contributed by atoms with Crippen molar-refractivity contribution in [3.05, 3.63) is 64.7 Å². The van der Waals surface area contributed by atoms with Crippen LogP contribution in [0.2, 0.25) is 0 Å². The molecule has 0 aromatic heterocycles. The third-order valence-electron chi connectivity index (χ3n) is 8.44. The summed E-state index contributed by atoms with van der Waals surface area (Å²) in [6.07, 6.45) is -4.13. The Balaban J connectivity index is 1.35. The molecule has 224 valence electrons. The first-order chi connectivity index (χ1) is 19.7. The molecule has 3 aliphatic heterocycles. The van der Waals surface area contributed by atoms with Gasteiger partial charge in [-0.05, 0) is 66.1 Å². The van der Waals surface area contributed by atoms with Crippen molar-refractivity contribution in [2.24, 2.45) is 5.92 Å². The Morgan fingerprint density at radius 3 is 2.48 bits per heavy atom. The predicted molar refractivity (Wildman–Crippen MR) is 146 cm³/mol. The zero-order chi connectivity index (χ0) is 30.4. The highest BCUT2D eigenvalue weighted by Crippen LogP contribution is 2.37. The van der Waals surface area contributed by atoms with Crippen molar-refractivity contribution >= 4 is 21.8 Å². The van der Waals surface area contributed by atoms with Crippen LogP contribution in [-0.4, -0.2) is 71.9 Å². The Bertz CT molecular complexity index is 1540. The van der Waals surface area contributed by atoms with Crippen molar-refractivity contribution in [3.63, 3.8) is 0 Å². The van der Waals surface area contributed by atoms with Crippen LogP contribution < -0.4 is 5.32 Å². The van der Waals surface area contributed by atoms with Crippen LogP contribution in [0.1, 0.15) is 48.9 Å². The van der Waals surface area contributed by atoms with Gasteiger partial charge in [0.1, 0.15) is 0 Å². The van der Waals surface area contributed by atoms with Crippen LogP contribution in [0.25, 0.3) is 0 Å². The molecule has 0 aliphatic carbocycles. The first kappa shape index (κ1) is 30.0. The lowest BCUT2D eigenvalue weighted by Crippen LogP contribution is -2.59. The fraction of sp³-hybridized carbons (Fsp3) is 0.483. The summed E-state index contributed by atoms with van der Waals surface area (Å²) in [4.78, 5) is 27.7. The molecule has 1 unspecified atom stereocenters. The minimum Gasteiger partial charge on any atom is -0.330 e. The SMILES string of the molecule is CC(C)C1NC2(CCN(S(=O)(=O)c3ccc4c(c3)CN(C(=O)C(F)(F)F)CC4)CC2)N(Cc2cccc(C#N)c2)C1=O. The second-order valence-corrected chi connectivity index (χ2v) is 13.4.